The summed E-state index contributed by atoms with van der Waals surface area (Å²) in [7, 11) is 1.43. The van der Waals surface area contributed by atoms with E-state index in [1.807, 2.05) is 24.3 Å². The average molecular weight is 655 g/mol. The number of halogens is 1. The molecule has 2 aliphatic heterocycles. The number of ether oxygens (including phenoxy) is 1. The van der Waals surface area contributed by atoms with Crippen LogP contribution in [-0.2, 0) is 29.4 Å². The van der Waals surface area contributed by atoms with Crippen molar-refractivity contribution in [3.05, 3.63) is 101 Å². The van der Waals surface area contributed by atoms with Crippen molar-refractivity contribution < 1.29 is 38.9 Å². The molecule has 11 heteroatoms. The molecule has 3 fully saturated rings. The minimum absolute atomic E-state index is 0.105. The molecule has 0 aromatic heterocycles. The van der Waals surface area contributed by atoms with E-state index in [9.17, 15) is 29.4 Å². The van der Waals surface area contributed by atoms with Gasteiger partial charge in [-0.3, -0.25) is 28.9 Å². The van der Waals surface area contributed by atoms with E-state index in [1.54, 1.807) is 48.5 Å². The van der Waals surface area contributed by atoms with Gasteiger partial charge in [-0.1, -0.05) is 65.7 Å². The number of carboxylic acids is 1. The number of likely N-dealkylation sites (tertiary alicyclic amines) is 1. The summed E-state index contributed by atoms with van der Waals surface area (Å²) in [4.78, 5) is 70.9. The summed E-state index contributed by atoms with van der Waals surface area (Å²) >= 11 is 6.33. The number of hydrogen-bond acceptors (Lipinski definition) is 7. The number of phenols is 1. The zero-order valence-corrected chi connectivity index (χ0v) is 26.1. The van der Waals surface area contributed by atoms with Gasteiger partial charge >= 0.3 is 5.97 Å². The van der Waals surface area contributed by atoms with Gasteiger partial charge in [0.15, 0.2) is 11.5 Å². The van der Waals surface area contributed by atoms with Crippen LogP contribution in [0.25, 0.3) is 0 Å². The van der Waals surface area contributed by atoms with Crippen molar-refractivity contribution in [1.29, 1.82) is 0 Å². The van der Waals surface area contributed by atoms with Gasteiger partial charge in [0.05, 0.1) is 42.4 Å². The SMILES string of the molecule is COc1ccc(C2C3=CCC4C(=O)N(CCC(=O)O)C(=O)C4C3CC3C(=O)N(c4cccc(Cl)c4)C(=O)C32c2ccccc2)cc1O. The largest absolute Gasteiger partial charge is 0.504 e. The molecule has 1 saturated carbocycles. The van der Waals surface area contributed by atoms with Gasteiger partial charge in [0.1, 0.15) is 0 Å². The Morgan fingerprint density at radius 1 is 0.957 bits per heavy atom. The normalized spacial score (nSPS) is 28.1. The van der Waals surface area contributed by atoms with Gasteiger partial charge in [0, 0.05) is 17.5 Å². The summed E-state index contributed by atoms with van der Waals surface area (Å²) < 4.78 is 5.31. The number of nitrogens with zero attached hydrogens (tertiary/aromatic N) is 2. The molecule has 4 aliphatic rings. The maximum absolute atomic E-state index is 15.2. The molecule has 240 valence electrons. The first-order valence-corrected chi connectivity index (χ1v) is 15.8. The van der Waals surface area contributed by atoms with Crippen LogP contribution in [0.3, 0.4) is 0 Å². The Kier molecular flexibility index (Phi) is 7.43. The molecule has 6 unspecified atom stereocenters. The number of benzene rings is 3. The van der Waals surface area contributed by atoms with Crippen molar-refractivity contribution in [2.45, 2.75) is 30.6 Å². The third-order valence-electron chi connectivity index (χ3n) is 10.3. The predicted molar refractivity (Wildman–Crippen MR) is 170 cm³/mol. The highest BCUT2D eigenvalue weighted by molar-refractivity contribution is 6.32. The van der Waals surface area contributed by atoms with E-state index in [4.69, 9.17) is 16.3 Å². The van der Waals surface area contributed by atoms with Gasteiger partial charge < -0.3 is 14.9 Å². The summed E-state index contributed by atoms with van der Waals surface area (Å²) in [5.74, 6) is -6.78. The van der Waals surface area contributed by atoms with Crippen molar-refractivity contribution in [1.82, 2.24) is 4.90 Å². The van der Waals surface area contributed by atoms with Crippen LogP contribution >= 0.6 is 11.6 Å². The van der Waals surface area contributed by atoms with Gasteiger partial charge in [0.2, 0.25) is 23.6 Å². The molecule has 2 heterocycles. The van der Waals surface area contributed by atoms with Gasteiger partial charge in [-0.2, -0.15) is 0 Å². The highest BCUT2D eigenvalue weighted by Crippen LogP contribution is 2.64. The van der Waals surface area contributed by atoms with Crippen LogP contribution in [-0.4, -0.2) is 58.4 Å². The lowest BCUT2D eigenvalue weighted by atomic mass is 9.49. The lowest BCUT2D eigenvalue weighted by molar-refractivity contribution is -0.142. The quantitative estimate of drug-likeness (QED) is 0.276. The number of carbonyl (C=O) groups excluding carboxylic acids is 4. The average Bonchev–Trinajstić information content (AvgIpc) is 3.44. The fourth-order valence-electron chi connectivity index (χ4n) is 8.50. The Bertz CT molecular complexity index is 1880. The minimum Gasteiger partial charge on any atom is -0.504 e. The molecule has 6 atom stereocenters. The van der Waals surface area contributed by atoms with Gasteiger partial charge in [-0.05, 0) is 60.2 Å². The Morgan fingerprint density at radius 2 is 1.72 bits per heavy atom. The molecular formula is C36H31ClN2O8. The number of fused-ring (bicyclic) bond motifs is 4. The number of methoxy groups -OCH3 is 1. The van der Waals surface area contributed by atoms with Crippen molar-refractivity contribution in [3.63, 3.8) is 0 Å². The highest BCUT2D eigenvalue weighted by atomic mass is 35.5. The second-order valence-corrected chi connectivity index (χ2v) is 12.9. The van der Waals surface area contributed by atoms with E-state index < -0.39 is 64.6 Å². The van der Waals surface area contributed by atoms with E-state index >= 15 is 4.79 Å². The zero-order valence-electron chi connectivity index (χ0n) is 25.3. The monoisotopic (exact) mass is 654 g/mol. The van der Waals surface area contributed by atoms with Crippen LogP contribution in [0.5, 0.6) is 11.5 Å². The molecular weight excluding hydrogens is 624 g/mol. The van der Waals surface area contributed by atoms with Crippen LogP contribution in [0.2, 0.25) is 5.02 Å². The van der Waals surface area contributed by atoms with Gasteiger partial charge in [0.25, 0.3) is 0 Å². The first-order valence-electron chi connectivity index (χ1n) is 15.4. The molecule has 2 N–H and O–H groups in total. The van der Waals surface area contributed by atoms with E-state index in [0.717, 1.165) is 10.5 Å². The number of imide groups is 2. The number of rotatable bonds is 7. The third kappa shape index (κ3) is 4.49. The van der Waals surface area contributed by atoms with Crippen molar-refractivity contribution in [3.8, 4) is 11.5 Å². The molecule has 4 amide bonds. The second kappa shape index (κ2) is 11.4. The third-order valence-corrected chi connectivity index (χ3v) is 10.6. The zero-order chi connectivity index (χ0) is 33.2. The molecule has 0 spiro atoms. The Morgan fingerprint density at radius 3 is 2.40 bits per heavy atom. The Labute approximate surface area is 275 Å². The lowest BCUT2D eigenvalue weighted by Crippen LogP contribution is -2.53. The molecule has 3 aromatic rings. The van der Waals surface area contributed by atoms with Crippen LogP contribution in [0, 0.1) is 23.7 Å². The summed E-state index contributed by atoms with van der Waals surface area (Å²) in [6.45, 7) is -0.241. The van der Waals surface area contributed by atoms with E-state index in [-0.39, 0.29) is 37.3 Å². The number of anilines is 1. The maximum Gasteiger partial charge on any atom is 0.305 e. The number of carboxylic acid groups (broad SMARTS) is 1. The highest BCUT2D eigenvalue weighted by Gasteiger charge is 2.70. The number of allylic oxidation sites excluding steroid dienone is 2. The summed E-state index contributed by atoms with van der Waals surface area (Å²) in [5, 5.41) is 20.6. The first-order chi connectivity index (χ1) is 22.6. The number of hydrogen-bond donors (Lipinski definition) is 2. The van der Waals surface area contributed by atoms with Gasteiger partial charge in [-0.25, -0.2) is 4.90 Å². The number of phenolic OH excluding ortho intramolecular Hbond substituents is 1. The lowest BCUT2D eigenvalue weighted by Gasteiger charge is -2.50. The fourth-order valence-corrected chi connectivity index (χ4v) is 8.68. The molecule has 7 rings (SSSR count). The van der Waals surface area contributed by atoms with Crippen LogP contribution in [0.4, 0.5) is 5.69 Å². The van der Waals surface area contributed by atoms with Crippen LogP contribution in [0.1, 0.15) is 36.3 Å². The summed E-state index contributed by atoms with van der Waals surface area (Å²) in [6, 6.07) is 20.5. The predicted octanol–water partition coefficient (Wildman–Crippen LogP) is 4.69. The molecule has 3 aromatic carbocycles. The minimum atomic E-state index is -1.48. The molecule has 10 nitrogen and oxygen atoms in total. The summed E-state index contributed by atoms with van der Waals surface area (Å²) in [5.41, 5.74) is 0.708. The molecule has 2 saturated heterocycles. The molecule has 2 aliphatic carbocycles. The first kappa shape index (κ1) is 30.7. The second-order valence-electron chi connectivity index (χ2n) is 12.5. The van der Waals surface area contributed by atoms with E-state index in [2.05, 4.69) is 0 Å². The number of carbonyl (C=O) groups is 5. The smallest absolute Gasteiger partial charge is 0.305 e. The number of aromatic hydroxyl groups is 1. The van der Waals surface area contributed by atoms with Crippen molar-refractivity contribution in [2.75, 3.05) is 18.6 Å². The van der Waals surface area contributed by atoms with Gasteiger partial charge in [-0.15, -0.1) is 0 Å². The Hall–Kier alpha value is -4.96. The maximum atomic E-state index is 15.2. The number of amides is 4. The molecule has 0 radical (unpaired) electrons. The molecule has 47 heavy (non-hydrogen) atoms. The molecule has 0 bridgehead atoms. The standard InChI is InChI=1S/C36H31ClN2O8/c1-47-28-13-10-19(16-27(28)40)31-23-11-12-24-30(34(45)38(32(24)43)15-14-29(41)42)25(23)18-26-33(44)39(22-9-5-8-21(37)17-22)35(46)36(26,31)20-6-3-2-4-7-20/h2-11,13,16-17,24-26,30-31,40H,12,14-15,18H2,1H3,(H,41,42). The van der Waals surface area contributed by atoms with E-state index in [1.165, 1.54) is 18.1 Å². The van der Waals surface area contributed by atoms with Crippen molar-refractivity contribution >= 4 is 46.9 Å². The summed E-state index contributed by atoms with van der Waals surface area (Å²) in [6.07, 6.45) is 1.84. The number of aliphatic carboxylic acids is 1. The topological polar surface area (TPSA) is 142 Å². The van der Waals surface area contributed by atoms with Crippen LogP contribution < -0.4 is 9.64 Å². The van der Waals surface area contributed by atoms with Crippen LogP contribution in [0.15, 0.2) is 84.4 Å². The Balaban J connectivity index is 1.46. The van der Waals surface area contributed by atoms with E-state index in [0.29, 0.717) is 21.8 Å². The van der Waals surface area contributed by atoms with Crippen molar-refractivity contribution in [2.24, 2.45) is 23.7 Å². The fraction of sp³-hybridized carbons (Fsp3) is 0.306.